The van der Waals surface area contributed by atoms with Crippen molar-refractivity contribution in [2.24, 2.45) is 0 Å². The highest BCUT2D eigenvalue weighted by Crippen LogP contribution is 2.31. The Morgan fingerprint density at radius 1 is 1.19 bits per heavy atom. The third-order valence-corrected chi connectivity index (χ3v) is 7.06. The SMILES string of the molecule is Cc1ccc(C(C)C(=O)O)cc1CN1CCN(C)c2ccccc2S1(=O)=O. The molecule has 144 valence electrons. The van der Waals surface area contributed by atoms with E-state index in [-0.39, 0.29) is 6.54 Å². The van der Waals surface area contributed by atoms with Crippen LogP contribution in [0, 0.1) is 6.92 Å². The summed E-state index contributed by atoms with van der Waals surface area (Å²) in [5.41, 5.74) is 3.14. The summed E-state index contributed by atoms with van der Waals surface area (Å²) in [6, 6.07) is 12.5. The lowest BCUT2D eigenvalue weighted by atomic mass is 9.96. The van der Waals surface area contributed by atoms with E-state index >= 15 is 0 Å². The van der Waals surface area contributed by atoms with Crippen LogP contribution in [0.1, 0.15) is 29.5 Å². The van der Waals surface area contributed by atoms with Crippen molar-refractivity contribution >= 4 is 21.7 Å². The van der Waals surface area contributed by atoms with Gasteiger partial charge in [-0.05, 0) is 42.7 Å². The first-order valence-corrected chi connectivity index (χ1v) is 10.3. The van der Waals surface area contributed by atoms with Crippen LogP contribution in [0.5, 0.6) is 0 Å². The number of hydrogen-bond acceptors (Lipinski definition) is 4. The number of anilines is 1. The van der Waals surface area contributed by atoms with Gasteiger partial charge in [-0.3, -0.25) is 4.79 Å². The van der Waals surface area contributed by atoms with E-state index in [0.717, 1.165) is 11.1 Å². The third kappa shape index (κ3) is 3.70. The molecule has 1 heterocycles. The number of sulfonamides is 1. The minimum atomic E-state index is -3.64. The fraction of sp³-hybridized carbons (Fsp3) is 0.350. The van der Waals surface area contributed by atoms with Gasteiger partial charge in [-0.25, -0.2) is 8.42 Å². The maximum Gasteiger partial charge on any atom is 0.310 e. The number of hydrogen-bond donors (Lipinski definition) is 1. The molecule has 0 saturated carbocycles. The molecule has 1 unspecified atom stereocenters. The second-order valence-corrected chi connectivity index (χ2v) is 8.88. The smallest absolute Gasteiger partial charge is 0.310 e. The number of nitrogens with zero attached hydrogens (tertiary/aromatic N) is 2. The molecule has 0 bridgehead atoms. The molecule has 3 rings (SSSR count). The minimum absolute atomic E-state index is 0.219. The van der Waals surface area contributed by atoms with Crippen LogP contribution in [-0.4, -0.2) is 43.9 Å². The Labute approximate surface area is 160 Å². The molecular weight excluding hydrogens is 364 g/mol. The Kier molecular flexibility index (Phi) is 5.26. The van der Waals surface area contributed by atoms with Crippen molar-refractivity contribution in [2.45, 2.75) is 31.2 Å². The van der Waals surface area contributed by atoms with Crippen molar-refractivity contribution in [1.82, 2.24) is 4.31 Å². The Morgan fingerprint density at radius 2 is 1.89 bits per heavy atom. The number of benzene rings is 2. The van der Waals surface area contributed by atoms with Gasteiger partial charge in [0.2, 0.25) is 10.0 Å². The maximum absolute atomic E-state index is 13.2. The van der Waals surface area contributed by atoms with Crippen LogP contribution in [-0.2, 0) is 21.4 Å². The summed E-state index contributed by atoms with van der Waals surface area (Å²) in [6.07, 6.45) is 0. The highest BCUT2D eigenvalue weighted by Gasteiger charge is 2.31. The molecule has 1 N–H and O–H groups in total. The second-order valence-electron chi connectivity index (χ2n) is 6.97. The van der Waals surface area contributed by atoms with Crippen LogP contribution in [0.15, 0.2) is 47.4 Å². The molecule has 27 heavy (non-hydrogen) atoms. The molecule has 0 aromatic heterocycles. The molecule has 0 amide bonds. The normalized spacial score (nSPS) is 17.8. The standard InChI is InChI=1S/C20H24N2O4S/c1-14-8-9-16(15(2)20(23)24)12-17(14)13-22-11-10-21(3)18-6-4-5-7-19(18)27(22,25)26/h4-9,12,15H,10-11,13H2,1-3H3,(H,23,24). The van der Waals surface area contributed by atoms with Crippen molar-refractivity contribution in [3.63, 3.8) is 0 Å². The monoisotopic (exact) mass is 388 g/mol. The fourth-order valence-electron chi connectivity index (χ4n) is 3.26. The first-order chi connectivity index (χ1) is 12.7. The van der Waals surface area contributed by atoms with E-state index in [9.17, 15) is 18.3 Å². The largest absolute Gasteiger partial charge is 0.481 e. The molecule has 0 saturated heterocycles. The molecule has 2 aromatic carbocycles. The summed E-state index contributed by atoms with van der Waals surface area (Å²) in [6.45, 7) is 4.71. The first kappa shape index (κ1) is 19.4. The van der Waals surface area contributed by atoms with E-state index < -0.39 is 21.9 Å². The van der Waals surface area contributed by atoms with Gasteiger partial charge in [0.1, 0.15) is 4.90 Å². The van der Waals surface area contributed by atoms with Crippen molar-refractivity contribution in [1.29, 1.82) is 0 Å². The maximum atomic E-state index is 13.2. The zero-order valence-electron chi connectivity index (χ0n) is 15.7. The van der Waals surface area contributed by atoms with Crippen molar-refractivity contribution in [3.8, 4) is 0 Å². The van der Waals surface area contributed by atoms with Gasteiger partial charge in [0, 0.05) is 26.7 Å². The van der Waals surface area contributed by atoms with E-state index in [4.69, 9.17) is 0 Å². The molecule has 0 spiro atoms. The molecule has 0 aliphatic carbocycles. The van der Waals surface area contributed by atoms with E-state index in [0.29, 0.717) is 29.2 Å². The lowest BCUT2D eigenvalue weighted by Crippen LogP contribution is -2.33. The van der Waals surface area contributed by atoms with Crippen LogP contribution in [0.25, 0.3) is 0 Å². The van der Waals surface area contributed by atoms with Crippen LogP contribution in [0.2, 0.25) is 0 Å². The van der Waals surface area contributed by atoms with Gasteiger partial charge in [0.05, 0.1) is 11.6 Å². The second kappa shape index (κ2) is 7.32. The minimum Gasteiger partial charge on any atom is -0.481 e. The van der Waals surface area contributed by atoms with Gasteiger partial charge >= 0.3 is 5.97 Å². The van der Waals surface area contributed by atoms with Crippen molar-refractivity contribution < 1.29 is 18.3 Å². The van der Waals surface area contributed by atoms with Crippen molar-refractivity contribution in [2.75, 3.05) is 25.0 Å². The highest BCUT2D eigenvalue weighted by molar-refractivity contribution is 7.89. The number of para-hydroxylation sites is 1. The lowest BCUT2D eigenvalue weighted by molar-refractivity contribution is -0.138. The summed E-state index contributed by atoms with van der Waals surface area (Å²) in [4.78, 5) is 13.5. The lowest BCUT2D eigenvalue weighted by Gasteiger charge is -2.22. The number of carboxylic acids is 1. The quantitative estimate of drug-likeness (QED) is 0.871. The molecule has 0 fully saturated rings. The molecule has 0 radical (unpaired) electrons. The summed E-state index contributed by atoms with van der Waals surface area (Å²) in [7, 11) is -1.75. The average Bonchev–Trinajstić information content (AvgIpc) is 2.73. The molecule has 2 aromatic rings. The highest BCUT2D eigenvalue weighted by atomic mass is 32.2. The fourth-order valence-corrected chi connectivity index (χ4v) is 4.91. The van der Waals surface area contributed by atoms with Crippen LogP contribution in [0.4, 0.5) is 5.69 Å². The summed E-state index contributed by atoms with van der Waals surface area (Å²) in [5, 5.41) is 9.26. The number of aliphatic carboxylic acids is 1. The van der Waals surface area contributed by atoms with Crippen LogP contribution >= 0.6 is 0 Å². The van der Waals surface area contributed by atoms with E-state index in [2.05, 4.69) is 0 Å². The third-order valence-electron chi connectivity index (χ3n) is 5.17. The predicted octanol–water partition coefficient (Wildman–Crippen LogP) is 2.82. The van der Waals surface area contributed by atoms with E-state index in [1.807, 2.05) is 43.1 Å². The van der Waals surface area contributed by atoms with Crippen LogP contribution < -0.4 is 4.90 Å². The molecule has 1 aliphatic heterocycles. The van der Waals surface area contributed by atoms with Gasteiger partial charge in [-0.15, -0.1) is 0 Å². The number of aryl methyl sites for hydroxylation is 1. The molecule has 6 nitrogen and oxygen atoms in total. The van der Waals surface area contributed by atoms with E-state index in [1.54, 1.807) is 25.1 Å². The number of carboxylic acid groups (broad SMARTS) is 1. The number of fused-ring (bicyclic) bond motifs is 1. The zero-order valence-corrected chi connectivity index (χ0v) is 16.5. The number of rotatable bonds is 4. The molecule has 1 aliphatic rings. The summed E-state index contributed by atoms with van der Waals surface area (Å²) in [5.74, 6) is -1.54. The Hall–Kier alpha value is -2.38. The van der Waals surface area contributed by atoms with Gasteiger partial charge < -0.3 is 10.0 Å². The van der Waals surface area contributed by atoms with E-state index in [1.165, 1.54) is 4.31 Å². The zero-order chi connectivity index (χ0) is 19.8. The van der Waals surface area contributed by atoms with Gasteiger partial charge in [-0.2, -0.15) is 4.31 Å². The van der Waals surface area contributed by atoms with Gasteiger partial charge in [-0.1, -0.05) is 30.3 Å². The topological polar surface area (TPSA) is 77.9 Å². The van der Waals surface area contributed by atoms with Gasteiger partial charge in [0.25, 0.3) is 0 Å². The molecular formula is C20H24N2O4S. The summed E-state index contributed by atoms with van der Waals surface area (Å²) >= 11 is 0. The van der Waals surface area contributed by atoms with Crippen molar-refractivity contribution in [3.05, 3.63) is 59.2 Å². The predicted molar refractivity (Wildman–Crippen MR) is 105 cm³/mol. The Balaban J connectivity index is 1.99. The summed E-state index contributed by atoms with van der Waals surface area (Å²) < 4.78 is 27.9. The Bertz CT molecular complexity index is 972. The molecule has 1 atom stereocenters. The molecule has 7 heteroatoms. The average molecular weight is 388 g/mol. The Morgan fingerprint density at radius 3 is 2.59 bits per heavy atom. The number of carbonyl (C=O) groups is 1. The first-order valence-electron chi connectivity index (χ1n) is 8.84. The number of likely N-dealkylation sites (N-methyl/N-ethyl adjacent to an activating group) is 1. The van der Waals surface area contributed by atoms with Crippen LogP contribution in [0.3, 0.4) is 0 Å². The van der Waals surface area contributed by atoms with Gasteiger partial charge in [0.15, 0.2) is 0 Å².